The van der Waals surface area contributed by atoms with Gasteiger partial charge in [-0.15, -0.1) is 0 Å². The summed E-state index contributed by atoms with van der Waals surface area (Å²) < 4.78 is 94.4. The summed E-state index contributed by atoms with van der Waals surface area (Å²) in [7, 11) is 3.82. The topological polar surface area (TPSA) is 187 Å². The molecule has 0 radical (unpaired) electrons. The third kappa shape index (κ3) is 15.5. The molecule has 11 rings (SSSR count). The number of carbonyl (C=O) groups excluding carboxylic acids is 1. The zero-order chi connectivity index (χ0) is 65.4. The summed E-state index contributed by atoms with van der Waals surface area (Å²) in [5, 5.41) is 26.6. The maximum atomic E-state index is 14.7. The van der Waals surface area contributed by atoms with E-state index >= 15 is 0 Å². The third-order valence-electron chi connectivity index (χ3n) is 14.0. The van der Waals surface area contributed by atoms with Crippen molar-refractivity contribution in [1.82, 2.24) is 49.1 Å². The number of aliphatic hydroxyl groups is 1. The van der Waals surface area contributed by atoms with Gasteiger partial charge in [-0.1, -0.05) is 73.9 Å². The molecule has 25 heteroatoms. The number of amides is 1. The number of carbonyl (C=O) groups is 1. The molecule has 16 nitrogen and oxygen atoms in total. The minimum absolute atomic E-state index is 0.0319. The van der Waals surface area contributed by atoms with E-state index in [1.165, 1.54) is 65.1 Å². The minimum atomic E-state index is -0.931. The van der Waals surface area contributed by atoms with Crippen LogP contribution in [0.1, 0.15) is 48.7 Å². The van der Waals surface area contributed by atoms with E-state index in [-0.39, 0.29) is 52.6 Å². The lowest BCUT2D eigenvalue weighted by molar-refractivity contribution is 0.0948. The Morgan fingerprint density at radius 1 is 0.769 bits per heavy atom. The lowest BCUT2D eigenvalue weighted by Crippen LogP contribution is -2.31. The molecule has 0 bridgehead atoms. The second kappa shape index (κ2) is 29.2. The average Bonchev–Trinajstić information content (AvgIpc) is 1.15. The van der Waals surface area contributed by atoms with E-state index in [0.717, 1.165) is 45.3 Å². The van der Waals surface area contributed by atoms with Crippen molar-refractivity contribution < 1.29 is 41.0 Å². The Bertz CT molecular complexity index is 4600. The van der Waals surface area contributed by atoms with Crippen molar-refractivity contribution in [3.8, 4) is 39.6 Å². The van der Waals surface area contributed by atoms with Crippen LogP contribution in [0.25, 0.3) is 55.5 Å². The molecule has 0 aliphatic heterocycles. The van der Waals surface area contributed by atoms with Gasteiger partial charge in [-0.05, 0) is 148 Å². The van der Waals surface area contributed by atoms with Gasteiger partial charge < -0.3 is 25.4 Å². The molecule has 0 spiro atoms. The van der Waals surface area contributed by atoms with E-state index in [0.29, 0.717) is 85.2 Å². The number of aliphatic hydroxyl groups excluding tert-OH is 1. The van der Waals surface area contributed by atoms with Crippen LogP contribution < -0.4 is 26.5 Å². The Labute approximate surface area is 532 Å². The van der Waals surface area contributed by atoms with E-state index in [1.807, 2.05) is 43.6 Å². The summed E-state index contributed by atoms with van der Waals surface area (Å²) >= 11 is 13.7. The highest BCUT2D eigenvalue weighted by Crippen LogP contribution is 2.37. The van der Waals surface area contributed by atoms with Gasteiger partial charge in [-0.25, -0.2) is 35.8 Å². The van der Waals surface area contributed by atoms with Crippen LogP contribution in [0, 0.1) is 54.7 Å². The van der Waals surface area contributed by atoms with E-state index in [9.17, 15) is 45.8 Å². The number of anilines is 1. The van der Waals surface area contributed by atoms with Gasteiger partial charge in [0, 0.05) is 58.6 Å². The number of ether oxygens (including phenoxy) is 1. The number of para-hydroxylation sites is 1. The molecule has 0 fully saturated rings. The van der Waals surface area contributed by atoms with Crippen LogP contribution >= 0.6 is 35.0 Å². The quantitative estimate of drug-likeness (QED) is 0.0732. The van der Waals surface area contributed by atoms with Crippen molar-refractivity contribution in [3.05, 3.63) is 222 Å². The molecule has 1 atom stereocenters. The molecule has 1 amide bonds. The maximum absolute atomic E-state index is 14.7. The molecule has 0 aliphatic carbocycles. The van der Waals surface area contributed by atoms with Gasteiger partial charge in [0.25, 0.3) is 17.0 Å². The van der Waals surface area contributed by atoms with Gasteiger partial charge in [0.2, 0.25) is 5.95 Å². The van der Waals surface area contributed by atoms with Gasteiger partial charge in [0.1, 0.15) is 51.9 Å². The van der Waals surface area contributed by atoms with Gasteiger partial charge in [0.05, 0.1) is 56.7 Å². The first-order chi connectivity index (χ1) is 43.5. The summed E-state index contributed by atoms with van der Waals surface area (Å²) in [5.41, 5.74) is 2.81. The molecular weight excluding hydrogens is 1240 g/mol. The number of halogens is 8. The molecular formula is C66H59Cl2F6N11O5S. The number of hydrogen-bond acceptors (Lipinski definition) is 13. The number of nitrogens with one attached hydrogen (secondary N) is 2. The Kier molecular flexibility index (Phi) is 21.3. The number of nitrogens with zero attached hydrogens (tertiary/aromatic N) is 9. The third-order valence-corrected chi connectivity index (χ3v) is 15.6. The Morgan fingerprint density at radius 2 is 1.48 bits per heavy atom. The lowest BCUT2D eigenvalue weighted by Gasteiger charge is -2.18. The fraction of sp³-hybridized carbons (Fsp3) is 0.212. The molecule has 6 aromatic carbocycles. The van der Waals surface area contributed by atoms with Crippen LogP contribution in [-0.4, -0.2) is 94.7 Å². The highest BCUT2D eigenvalue weighted by Gasteiger charge is 2.24. The summed E-state index contributed by atoms with van der Waals surface area (Å²) in [6, 6.07) is 29.6. The molecule has 5 aromatic heterocycles. The minimum Gasteiger partial charge on any atom is -0.453 e. The van der Waals surface area contributed by atoms with Crippen molar-refractivity contribution in [1.29, 1.82) is 0 Å². The molecule has 91 heavy (non-hydrogen) atoms. The zero-order valence-corrected chi connectivity index (χ0v) is 52.3. The van der Waals surface area contributed by atoms with Gasteiger partial charge in [-0.2, -0.15) is 20.2 Å². The standard InChI is InChI=1S/C24H21F3N4O2.C22H26F2N4O2.C20H12Cl2FN3OS/c1-3-15(12-32)28-24-29-21(16-8-7-14(25)11-13(16)2)17-9-10-20(33)31(23(17)30-24)22-18(26)5-4-6-19(22)27;1-14(2)13-28-19-11-17(22(29)25-7-8-27(3)4)21(9-15(19)12-26-28)30-20-6-5-16(23)10-18(20)24;1-11-5-7-16(14(23)9-11)28-17-8-6-15-19(20(27)24-10-26(15)25-17)18-12(21)3-2-4-13(18)22/h4-11,15,32H,3,12H2,1-2H3,(H,28,29,30);5-6,9-12,14H,7-8,13H2,1-4H3,(H,25,29);2-10H,1H3. The number of aromatic nitrogens is 8. The highest BCUT2D eigenvalue weighted by molar-refractivity contribution is 7.99. The molecule has 5 heterocycles. The van der Waals surface area contributed by atoms with Crippen molar-refractivity contribution in [2.45, 2.75) is 63.5 Å². The molecule has 11 aromatic rings. The second-order valence-corrected chi connectivity index (χ2v) is 23.4. The number of benzene rings is 6. The predicted octanol–water partition coefficient (Wildman–Crippen LogP) is 14.1. The molecule has 3 N–H and O–H groups in total. The largest absolute Gasteiger partial charge is 0.453 e. The van der Waals surface area contributed by atoms with Gasteiger partial charge in [0.15, 0.2) is 17.2 Å². The van der Waals surface area contributed by atoms with Crippen LogP contribution in [0.3, 0.4) is 0 Å². The fourth-order valence-corrected chi connectivity index (χ4v) is 10.9. The average molecular weight is 1300 g/mol. The summed E-state index contributed by atoms with van der Waals surface area (Å²) in [4.78, 5) is 53.4. The van der Waals surface area contributed by atoms with Crippen molar-refractivity contribution >= 4 is 74.3 Å². The molecule has 0 saturated carbocycles. The van der Waals surface area contributed by atoms with Crippen LogP contribution in [0.5, 0.6) is 11.5 Å². The first-order valence-electron chi connectivity index (χ1n) is 28.4. The van der Waals surface area contributed by atoms with E-state index in [1.54, 1.807) is 67.7 Å². The number of pyridine rings is 1. The monoisotopic (exact) mass is 1300 g/mol. The second-order valence-electron chi connectivity index (χ2n) is 21.5. The van der Waals surface area contributed by atoms with E-state index in [4.69, 9.17) is 27.9 Å². The van der Waals surface area contributed by atoms with Crippen molar-refractivity contribution in [2.75, 3.05) is 39.1 Å². The van der Waals surface area contributed by atoms with Crippen molar-refractivity contribution in [2.24, 2.45) is 5.92 Å². The normalized spacial score (nSPS) is 11.6. The Morgan fingerprint density at radius 3 is 2.15 bits per heavy atom. The SMILES string of the molecule is CC(C)Cn1ncc2cc(Oc3ccc(F)cc3F)c(C(=O)NCCN(C)C)cc21.CCC(CO)Nc1nc(-c2ccc(F)cc2C)c2ccc(=O)n(-c3c(F)cccc3F)c2n1.Cc1ccc(Sc2ccc3c(-c4c(Cl)cccc4Cl)c(=O)ncn3n2)c(F)c1. The first-order valence-corrected chi connectivity index (χ1v) is 29.9. The molecule has 0 saturated heterocycles. The number of likely N-dealkylation sites (N-methyl/N-ethyl adjacent to an activating group) is 1. The van der Waals surface area contributed by atoms with Crippen molar-refractivity contribution in [3.63, 3.8) is 0 Å². The Balaban J connectivity index is 0.000000162. The summed E-state index contributed by atoms with van der Waals surface area (Å²) in [5.74, 6) is -4.04. The number of fused-ring (bicyclic) bond motifs is 3. The molecule has 470 valence electrons. The smallest absolute Gasteiger partial charge is 0.281 e. The maximum Gasteiger partial charge on any atom is 0.281 e. The summed E-state index contributed by atoms with van der Waals surface area (Å²) in [6.07, 6.45) is 3.55. The van der Waals surface area contributed by atoms with E-state index < -0.39 is 51.9 Å². The molecule has 1 unspecified atom stereocenters. The van der Waals surface area contributed by atoms with Crippen LogP contribution in [0.2, 0.25) is 10.0 Å². The number of rotatable bonds is 17. The first kappa shape index (κ1) is 66.3. The summed E-state index contributed by atoms with van der Waals surface area (Å²) in [6.45, 7) is 11.1. The highest BCUT2D eigenvalue weighted by atomic mass is 35.5. The molecule has 0 aliphatic rings. The predicted molar refractivity (Wildman–Crippen MR) is 342 cm³/mol. The van der Waals surface area contributed by atoms with Crippen LogP contribution in [0.15, 0.2) is 159 Å². The van der Waals surface area contributed by atoms with E-state index in [2.05, 4.69) is 49.6 Å². The zero-order valence-electron chi connectivity index (χ0n) is 50.0. The van der Waals surface area contributed by atoms with Gasteiger partial charge >= 0.3 is 0 Å². The van der Waals surface area contributed by atoms with Crippen LogP contribution in [0.4, 0.5) is 32.3 Å². The number of aryl methyl sites for hydroxylation is 2. The Hall–Kier alpha value is -9.13. The lowest BCUT2D eigenvalue weighted by atomic mass is 10.0. The number of hydrogen-bond donors (Lipinski definition) is 3. The fourth-order valence-electron chi connectivity index (χ4n) is 9.49. The van der Waals surface area contributed by atoms with Crippen LogP contribution in [-0.2, 0) is 6.54 Å². The van der Waals surface area contributed by atoms with Gasteiger partial charge in [-0.3, -0.25) is 23.6 Å².